The van der Waals surface area contributed by atoms with Crippen molar-refractivity contribution in [3.05, 3.63) is 65.9 Å². The monoisotopic (exact) mass is 303 g/mol. The van der Waals surface area contributed by atoms with E-state index in [4.69, 9.17) is 4.74 Å². The van der Waals surface area contributed by atoms with E-state index >= 15 is 0 Å². The molecule has 2 aromatic carbocycles. The number of aromatic nitrogens is 1. The number of rotatable bonds is 2. The highest BCUT2D eigenvalue weighted by Crippen LogP contribution is 2.34. The lowest BCUT2D eigenvalue weighted by molar-refractivity contribution is -0.137. The Labute approximate surface area is 125 Å². The van der Waals surface area contributed by atoms with Gasteiger partial charge in [0, 0.05) is 11.6 Å². The highest BCUT2D eigenvalue weighted by molar-refractivity contribution is 5.86. The van der Waals surface area contributed by atoms with Crippen molar-refractivity contribution in [2.75, 3.05) is 0 Å². The van der Waals surface area contributed by atoms with Crippen molar-refractivity contribution >= 4 is 10.9 Å². The van der Waals surface area contributed by atoms with E-state index in [-0.39, 0.29) is 5.75 Å². The van der Waals surface area contributed by atoms with Crippen molar-refractivity contribution in [1.29, 1.82) is 0 Å². The minimum atomic E-state index is -4.39. The fourth-order valence-corrected chi connectivity index (χ4v) is 2.23. The van der Waals surface area contributed by atoms with E-state index in [1.165, 1.54) is 12.1 Å². The second-order valence-corrected chi connectivity index (χ2v) is 4.96. The Morgan fingerprint density at radius 3 is 2.59 bits per heavy atom. The van der Waals surface area contributed by atoms with Gasteiger partial charge in [0.25, 0.3) is 0 Å². The zero-order valence-corrected chi connectivity index (χ0v) is 11.7. The summed E-state index contributed by atoms with van der Waals surface area (Å²) >= 11 is 0. The lowest BCUT2D eigenvalue weighted by atomic mass is 10.1. The van der Waals surface area contributed by atoms with E-state index in [9.17, 15) is 13.2 Å². The van der Waals surface area contributed by atoms with E-state index in [0.717, 1.165) is 28.6 Å². The molecule has 5 heteroatoms. The summed E-state index contributed by atoms with van der Waals surface area (Å²) in [6, 6.07) is 12.1. The molecule has 0 radical (unpaired) electrons. The molecule has 0 atom stereocenters. The standard InChI is InChI=1S/C17H12F3NO/c1-11-8-15-14(6-3-7-21-15)16(9-11)22-13-5-2-4-12(10-13)17(18,19)20/h2-10H,1H3. The van der Waals surface area contributed by atoms with Gasteiger partial charge in [-0.1, -0.05) is 6.07 Å². The Morgan fingerprint density at radius 2 is 1.82 bits per heavy atom. The first kappa shape index (κ1) is 14.4. The van der Waals surface area contributed by atoms with Crippen LogP contribution in [0.15, 0.2) is 54.7 Å². The molecule has 0 saturated carbocycles. The Morgan fingerprint density at radius 1 is 1.00 bits per heavy atom. The van der Waals surface area contributed by atoms with Gasteiger partial charge in [-0.15, -0.1) is 0 Å². The van der Waals surface area contributed by atoms with Crippen LogP contribution in [-0.2, 0) is 6.18 Å². The predicted molar refractivity (Wildman–Crippen MR) is 78.0 cm³/mol. The van der Waals surface area contributed by atoms with E-state index < -0.39 is 11.7 Å². The SMILES string of the molecule is Cc1cc(Oc2cccc(C(F)(F)F)c2)c2cccnc2c1. The molecule has 2 nitrogen and oxygen atoms in total. The van der Waals surface area contributed by atoms with E-state index in [1.54, 1.807) is 18.3 Å². The number of hydrogen-bond donors (Lipinski definition) is 0. The molecule has 0 spiro atoms. The van der Waals surface area contributed by atoms with Gasteiger partial charge in [0.1, 0.15) is 11.5 Å². The molecule has 0 N–H and O–H groups in total. The van der Waals surface area contributed by atoms with Gasteiger partial charge in [-0.3, -0.25) is 4.98 Å². The van der Waals surface area contributed by atoms with Crippen LogP contribution in [0.25, 0.3) is 10.9 Å². The first-order chi connectivity index (χ1) is 10.4. The number of aryl methyl sites for hydroxylation is 1. The lowest BCUT2D eigenvalue weighted by Crippen LogP contribution is -2.04. The summed E-state index contributed by atoms with van der Waals surface area (Å²) < 4.78 is 43.9. The van der Waals surface area contributed by atoms with Crippen LogP contribution in [0.1, 0.15) is 11.1 Å². The van der Waals surface area contributed by atoms with Crippen LogP contribution in [0.4, 0.5) is 13.2 Å². The minimum Gasteiger partial charge on any atom is -0.457 e. The maximum Gasteiger partial charge on any atom is 0.416 e. The predicted octanol–water partition coefficient (Wildman–Crippen LogP) is 5.35. The highest BCUT2D eigenvalue weighted by Gasteiger charge is 2.30. The van der Waals surface area contributed by atoms with Crippen LogP contribution in [0.5, 0.6) is 11.5 Å². The molecule has 0 amide bonds. The topological polar surface area (TPSA) is 22.1 Å². The van der Waals surface area contributed by atoms with E-state index in [1.807, 2.05) is 19.1 Å². The molecule has 0 aliphatic carbocycles. The largest absolute Gasteiger partial charge is 0.457 e. The Hall–Kier alpha value is -2.56. The first-order valence-electron chi connectivity index (χ1n) is 6.64. The third kappa shape index (κ3) is 2.88. The molecule has 3 aromatic rings. The summed E-state index contributed by atoms with van der Waals surface area (Å²) in [6.45, 7) is 1.88. The van der Waals surface area contributed by atoms with Gasteiger partial charge in [0.05, 0.1) is 11.1 Å². The number of pyridine rings is 1. The average Bonchev–Trinajstić information content (AvgIpc) is 2.46. The highest BCUT2D eigenvalue weighted by atomic mass is 19.4. The van der Waals surface area contributed by atoms with Crippen LogP contribution in [0.2, 0.25) is 0 Å². The number of fused-ring (bicyclic) bond motifs is 1. The van der Waals surface area contributed by atoms with E-state index in [0.29, 0.717) is 5.75 Å². The zero-order valence-electron chi connectivity index (χ0n) is 11.7. The number of hydrogen-bond acceptors (Lipinski definition) is 2. The summed E-state index contributed by atoms with van der Waals surface area (Å²) in [7, 11) is 0. The Balaban J connectivity index is 2.04. The van der Waals surface area contributed by atoms with Gasteiger partial charge >= 0.3 is 6.18 Å². The summed E-state index contributed by atoms with van der Waals surface area (Å²) in [6.07, 6.45) is -2.73. The molecule has 112 valence electrons. The smallest absolute Gasteiger partial charge is 0.416 e. The van der Waals surface area contributed by atoms with Gasteiger partial charge in [0.15, 0.2) is 0 Å². The molecule has 0 aliphatic heterocycles. The second-order valence-electron chi connectivity index (χ2n) is 4.96. The maximum atomic E-state index is 12.8. The normalized spacial score (nSPS) is 11.6. The quantitative estimate of drug-likeness (QED) is 0.636. The second kappa shape index (κ2) is 5.33. The molecule has 3 rings (SSSR count). The number of alkyl halides is 3. The minimum absolute atomic E-state index is 0.144. The lowest BCUT2D eigenvalue weighted by Gasteiger charge is -2.12. The zero-order chi connectivity index (χ0) is 15.7. The van der Waals surface area contributed by atoms with Crippen molar-refractivity contribution in [3.8, 4) is 11.5 Å². The van der Waals surface area contributed by atoms with Gasteiger partial charge in [-0.05, 0) is 55.0 Å². The molecule has 1 heterocycles. The van der Waals surface area contributed by atoms with Crippen molar-refractivity contribution < 1.29 is 17.9 Å². The Bertz CT molecular complexity index is 827. The van der Waals surface area contributed by atoms with Crippen LogP contribution in [-0.4, -0.2) is 4.98 Å². The van der Waals surface area contributed by atoms with Crippen molar-refractivity contribution in [2.24, 2.45) is 0 Å². The third-order valence-electron chi connectivity index (χ3n) is 3.22. The summed E-state index contributed by atoms with van der Waals surface area (Å²) in [5.41, 5.74) is 0.928. The van der Waals surface area contributed by atoms with Crippen molar-refractivity contribution in [3.63, 3.8) is 0 Å². The first-order valence-corrected chi connectivity index (χ1v) is 6.64. The fourth-order valence-electron chi connectivity index (χ4n) is 2.23. The van der Waals surface area contributed by atoms with Crippen LogP contribution in [0, 0.1) is 6.92 Å². The number of halogens is 3. The molecule has 0 unspecified atom stereocenters. The molecule has 22 heavy (non-hydrogen) atoms. The van der Waals surface area contributed by atoms with Gasteiger partial charge < -0.3 is 4.74 Å². The number of ether oxygens (including phenoxy) is 1. The van der Waals surface area contributed by atoms with Crippen molar-refractivity contribution in [1.82, 2.24) is 4.98 Å². The average molecular weight is 303 g/mol. The van der Waals surface area contributed by atoms with Crippen LogP contribution < -0.4 is 4.74 Å². The third-order valence-corrected chi connectivity index (χ3v) is 3.22. The van der Waals surface area contributed by atoms with E-state index in [2.05, 4.69) is 4.98 Å². The molecule has 1 aromatic heterocycles. The summed E-state index contributed by atoms with van der Waals surface area (Å²) in [5.74, 6) is 0.632. The molecular weight excluding hydrogens is 291 g/mol. The van der Waals surface area contributed by atoms with Crippen LogP contribution in [0.3, 0.4) is 0 Å². The molecule has 0 saturated heterocycles. The molecule has 0 bridgehead atoms. The Kier molecular flexibility index (Phi) is 3.48. The molecule has 0 fully saturated rings. The van der Waals surface area contributed by atoms with Crippen LogP contribution >= 0.6 is 0 Å². The fraction of sp³-hybridized carbons (Fsp3) is 0.118. The maximum absolute atomic E-state index is 12.8. The van der Waals surface area contributed by atoms with Gasteiger partial charge in [-0.25, -0.2) is 0 Å². The van der Waals surface area contributed by atoms with Gasteiger partial charge in [-0.2, -0.15) is 13.2 Å². The summed E-state index contributed by atoms with van der Waals surface area (Å²) in [4.78, 5) is 4.24. The van der Waals surface area contributed by atoms with Gasteiger partial charge in [0.2, 0.25) is 0 Å². The summed E-state index contributed by atoms with van der Waals surface area (Å²) in [5, 5.41) is 0.755. The number of benzene rings is 2. The number of nitrogens with zero attached hydrogens (tertiary/aromatic N) is 1. The molecule has 0 aliphatic rings. The molecular formula is C17H12F3NO. The van der Waals surface area contributed by atoms with Crippen molar-refractivity contribution in [2.45, 2.75) is 13.1 Å².